The van der Waals surface area contributed by atoms with Crippen LogP contribution in [0.2, 0.25) is 0 Å². The highest BCUT2D eigenvalue weighted by Crippen LogP contribution is 2.30. The smallest absolute Gasteiger partial charge is 0.156 e. The number of ether oxygens (including phenoxy) is 1. The average molecular weight is 355 g/mol. The summed E-state index contributed by atoms with van der Waals surface area (Å²) in [5.41, 5.74) is 7.54. The number of aryl methyl sites for hydroxylation is 1. The van der Waals surface area contributed by atoms with Gasteiger partial charge in [-0.1, -0.05) is 18.2 Å². The molecule has 0 radical (unpaired) electrons. The van der Waals surface area contributed by atoms with Gasteiger partial charge in [0.2, 0.25) is 0 Å². The predicted octanol–water partition coefficient (Wildman–Crippen LogP) is 4.19. The van der Waals surface area contributed by atoms with Crippen molar-refractivity contribution in [1.82, 2.24) is 24.5 Å². The first-order chi connectivity index (χ1) is 13.2. The number of nitrogens with zero attached hydrogens (tertiary/aromatic N) is 4. The first kappa shape index (κ1) is 15.6. The van der Waals surface area contributed by atoms with Crippen molar-refractivity contribution < 1.29 is 4.74 Å². The fraction of sp³-hybridized carbons (Fsp3) is 0.0952. The fourth-order valence-electron chi connectivity index (χ4n) is 3.33. The summed E-state index contributed by atoms with van der Waals surface area (Å²) in [5.74, 6) is 0.797. The summed E-state index contributed by atoms with van der Waals surface area (Å²) in [4.78, 5) is 17.0. The number of aromatic amines is 1. The third-order valence-corrected chi connectivity index (χ3v) is 4.78. The molecule has 0 aliphatic heterocycles. The number of imidazole rings is 1. The van der Waals surface area contributed by atoms with E-state index >= 15 is 0 Å². The molecule has 5 rings (SSSR count). The summed E-state index contributed by atoms with van der Waals surface area (Å²) >= 11 is 0. The number of nitrogens with one attached hydrogen (secondary N) is 1. The summed E-state index contributed by atoms with van der Waals surface area (Å²) in [6.07, 6.45) is 5.56. The van der Waals surface area contributed by atoms with Gasteiger partial charge >= 0.3 is 0 Å². The minimum atomic E-state index is 0.766. The van der Waals surface area contributed by atoms with Gasteiger partial charge in [0.25, 0.3) is 0 Å². The third-order valence-electron chi connectivity index (χ3n) is 4.78. The van der Waals surface area contributed by atoms with E-state index in [-0.39, 0.29) is 0 Å². The van der Waals surface area contributed by atoms with Gasteiger partial charge in [-0.15, -0.1) is 0 Å². The Kier molecular flexibility index (Phi) is 3.43. The number of benzene rings is 2. The number of H-pyrrole nitrogens is 1. The van der Waals surface area contributed by atoms with E-state index in [0.717, 1.165) is 50.3 Å². The number of hydrogen-bond donors (Lipinski definition) is 1. The van der Waals surface area contributed by atoms with Crippen LogP contribution in [0.4, 0.5) is 0 Å². The van der Waals surface area contributed by atoms with Gasteiger partial charge < -0.3 is 14.3 Å². The van der Waals surface area contributed by atoms with E-state index in [9.17, 15) is 0 Å². The van der Waals surface area contributed by atoms with Crippen molar-refractivity contribution in [2.24, 2.45) is 7.05 Å². The van der Waals surface area contributed by atoms with E-state index in [1.54, 1.807) is 13.3 Å². The highest BCUT2D eigenvalue weighted by Gasteiger charge is 2.12. The van der Waals surface area contributed by atoms with Crippen molar-refractivity contribution in [1.29, 1.82) is 0 Å². The monoisotopic (exact) mass is 355 g/mol. The highest BCUT2D eigenvalue weighted by molar-refractivity contribution is 5.94. The Hall–Kier alpha value is -3.67. The molecule has 6 heteroatoms. The van der Waals surface area contributed by atoms with Crippen LogP contribution in [-0.2, 0) is 7.05 Å². The second-order valence-corrected chi connectivity index (χ2v) is 6.45. The fourth-order valence-corrected chi connectivity index (χ4v) is 3.33. The zero-order chi connectivity index (χ0) is 18.4. The first-order valence-electron chi connectivity index (χ1n) is 8.63. The van der Waals surface area contributed by atoms with E-state index in [1.807, 2.05) is 54.5 Å². The summed E-state index contributed by atoms with van der Waals surface area (Å²) in [6, 6.07) is 14.1. The summed E-state index contributed by atoms with van der Waals surface area (Å²) in [6.45, 7) is 0. The van der Waals surface area contributed by atoms with Crippen molar-refractivity contribution in [3.8, 4) is 28.1 Å². The lowest BCUT2D eigenvalue weighted by atomic mass is 10.1. The standard InChI is InChI=1S/C21H17N5O/c1-26-12-24-17-7-6-13(9-19(17)26)16-10-22-21-20(16)25-18(11-23-21)14-4-3-5-15(8-14)27-2/h3-12H,1-2H3,(H,22,23). The Balaban J connectivity index is 1.67. The Bertz CT molecular complexity index is 1280. The number of fused-ring (bicyclic) bond motifs is 2. The Labute approximate surface area is 155 Å². The van der Waals surface area contributed by atoms with Crippen molar-refractivity contribution in [3.05, 3.63) is 61.2 Å². The lowest BCUT2D eigenvalue weighted by molar-refractivity contribution is 0.415. The first-order valence-corrected chi connectivity index (χ1v) is 8.63. The number of methoxy groups -OCH3 is 1. The van der Waals surface area contributed by atoms with E-state index in [1.165, 1.54) is 0 Å². The van der Waals surface area contributed by atoms with Gasteiger partial charge in [-0.25, -0.2) is 15.0 Å². The molecule has 0 aliphatic carbocycles. The largest absolute Gasteiger partial charge is 0.497 e. The molecule has 0 bridgehead atoms. The Morgan fingerprint density at radius 2 is 1.96 bits per heavy atom. The molecule has 0 atom stereocenters. The maximum absolute atomic E-state index is 5.32. The third kappa shape index (κ3) is 2.54. The zero-order valence-electron chi connectivity index (χ0n) is 15.0. The molecular weight excluding hydrogens is 338 g/mol. The maximum atomic E-state index is 5.32. The van der Waals surface area contributed by atoms with Gasteiger partial charge in [-0.3, -0.25) is 0 Å². The van der Waals surface area contributed by atoms with Crippen LogP contribution >= 0.6 is 0 Å². The van der Waals surface area contributed by atoms with Crippen molar-refractivity contribution in [2.45, 2.75) is 0 Å². The Morgan fingerprint density at radius 1 is 1.04 bits per heavy atom. The Morgan fingerprint density at radius 3 is 2.85 bits per heavy atom. The van der Waals surface area contributed by atoms with Gasteiger partial charge in [0.1, 0.15) is 11.3 Å². The molecule has 6 nitrogen and oxygen atoms in total. The summed E-state index contributed by atoms with van der Waals surface area (Å²) < 4.78 is 7.34. The van der Waals surface area contributed by atoms with Gasteiger partial charge in [-0.05, 0) is 29.8 Å². The topological polar surface area (TPSA) is 68.6 Å². The lowest BCUT2D eigenvalue weighted by Crippen LogP contribution is -1.90. The van der Waals surface area contributed by atoms with Crippen LogP contribution in [-0.4, -0.2) is 31.6 Å². The van der Waals surface area contributed by atoms with Gasteiger partial charge in [0, 0.05) is 24.4 Å². The van der Waals surface area contributed by atoms with Crippen LogP contribution in [0.5, 0.6) is 5.75 Å². The van der Waals surface area contributed by atoms with Crippen LogP contribution in [0, 0.1) is 0 Å². The molecule has 0 fully saturated rings. The predicted molar refractivity (Wildman–Crippen MR) is 106 cm³/mol. The molecule has 3 heterocycles. The number of aromatic nitrogens is 5. The molecule has 0 amide bonds. The molecule has 2 aromatic carbocycles. The quantitative estimate of drug-likeness (QED) is 0.527. The lowest BCUT2D eigenvalue weighted by Gasteiger charge is -2.05. The van der Waals surface area contributed by atoms with Gasteiger partial charge in [0.05, 0.1) is 36.4 Å². The molecule has 27 heavy (non-hydrogen) atoms. The van der Waals surface area contributed by atoms with Crippen LogP contribution in [0.15, 0.2) is 61.2 Å². The molecule has 0 aliphatic rings. The van der Waals surface area contributed by atoms with E-state index in [0.29, 0.717) is 0 Å². The van der Waals surface area contributed by atoms with E-state index in [4.69, 9.17) is 9.72 Å². The van der Waals surface area contributed by atoms with Gasteiger partial charge in [-0.2, -0.15) is 0 Å². The van der Waals surface area contributed by atoms with Crippen LogP contribution < -0.4 is 4.74 Å². The summed E-state index contributed by atoms with van der Waals surface area (Å²) in [7, 11) is 3.65. The second kappa shape index (κ2) is 5.95. The average Bonchev–Trinajstić information content (AvgIpc) is 3.31. The highest BCUT2D eigenvalue weighted by atomic mass is 16.5. The SMILES string of the molecule is COc1cccc(-c2cnc3[nH]cc(-c4ccc5ncn(C)c5c4)c3n2)c1. The molecule has 0 saturated heterocycles. The van der Waals surface area contributed by atoms with Crippen molar-refractivity contribution in [3.63, 3.8) is 0 Å². The second-order valence-electron chi connectivity index (χ2n) is 6.45. The molecule has 1 N–H and O–H groups in total. The minimum Gasteiger partial charge on any atom is -0.497 e. The van der Waals surface area contributed by atoms with Gasteiger partial charge in [0.15, 0.2) is 5.65 Å². The normalized spacial score (nSPS) is 11.3. The molecule has 3 aromatic heterocycles. The molecule has 0 saturated carbocycles. The van der Waals surface area contributed by atoms with Crippen LogP contribution in [0.1, 0.15) is 0 Å². The molecule has 0 unspecified atom stereocenters. The minimum absolute atomic E-state index is 0.766. The summed E-state index contributed by atoms with van der Waals surface area (Å²) in [5, 5.41) is 0. The maximum Gasteiger partial charge on any atom is 0.156 e. The molecule has 5 aromatic rings. The molecule has 132 valence electrons. The number of rotatable bonds is 3. The van der Waals surface area contributed by atoms with E-state index < -0.39 is 0 Å². The van der Waals surface area contributed by atoms with Crippen molar-refractivity contribution in [2.75, 3.05) is 7.11 Å². The molecule has 0 spiro atoms. The number of hydrogen-bond acceptors (Lipinski definition) is 4. The van der Waals surface area contributed by atoms with E-state index in [2.05, 4.69) is 27.1 Å². The van der Waals surface area contributed by atoms with Crippen LogP contribution in [0.25, 0.3) is 44.6 Å². The molecular formula is C21H17N5O. The van der Waals surface area contributed by atoms with Crippen LogP contribution in [0.3, 0.4) is 0 Å². The van der Waals surface area contributed by atoms with Crippen molar-refractivity contribution >= 4 is 22.2 Å². The zero-order valence-corrected chi connectivity index (χ0v) is 15.0.